The smallest absolute Gasteiger partial charge is 0.220 e. The Balaban J connectivity index is 1.62. The minimum Gasteiger partial charge on any atom is -0.394 e. The number of unbranched alkanes of at least 4 members (excludes halogenated alkanes) is 47. The number of hydrogen-bond donors (Lipinski definition) is 9. The number of hydrogen-bond acceptors (Lipinski definition) is 13. The molecule has 1 amide bonds. The highest BCUT2D eigenvalue weighted by Gasteiger charge is 2.51. The monoisotopic (exact) mass is 1240 g/mol. The van der Waals surface area contributed by atoms with Gasteiger partial charge in [-0.3, -0.25) is 4.79 Å². The maximum atomic E-state index is 13.3. The number of aliphatic hydroxyl groups is 8. The molecule has 14 nitrogen and oxygen atoms in total. The second-order valence-electron chi connectivity index (χ2n) is 26.4. The number of carbonyl (C=O) groups is 1. The molecule has 0 aromatic carbocycles. The number of aliphatic hydroxyl groups excluding tert-OH is 8. The predicted molar refractivity (Wildman–Crippen MR) is 355 cm³/mol. The molecule has 0 aromatic rings. The van der Waals surface area contributed by atoms with E-state index in [9.17, 15) is 45.6 Å². The summed E-state index contributed by atoms with van der Waals surface area (Å²) in [6, 6.07) is -0.929. The minimum atomic E-state index is -1.79. The molecule has 14 heteroatoms. The molecule has 2 aliphatic heterocycles. The fourth-order valence-electron chi connectivity index (χ4n) is 12.5. The highest BCUT2D eigenvalue weighted by molar-refractivity contribution is 5.76. The van der Waals surface area contributed by atoms with Crippen LogP contribution in [0.2, 0.25) is 0 Å². The third kappa shape index (κ3) is 42.4. The number of nitrogens with one attached hydrogen (secondary N) is 1. The Hall–Kier alpha value is -1.53. The van der Waals surface area contributed by atoms with Crippen molar-refractivity contribution in [2.45, 2.75) is 415 Å². The van der Waals surface area contributed by atoms with Crippen LogP contribution in [0.3, 0.4) is 0 Å². The third-order valence-electron chi connectivity index (χ3n) is 18.4. The van der Waals surface area contributed by atoms with Crippen molar-refractivity contribution >= 4 is 5.91 Å². The fraction of sp³-hybridized carbons (Fsp3) is 0.932. The average molecular weight is 1240 g/mol. The molecule has 2 saturated heterocycles. The summed E-state index contributed by atoms with van der Waals surface area (Å²) in [6.07, 6.45) is 56.9. The van der Waals surface area contributed by atoms with Gasteiger partial charge in [-0.05, 0) is 32.1 Å². The molecular formula is C73H139NO13. The quantitative estimate of drug-likeness (QED) is 0.0204. The van der Waals surface area contributed by atoms with Gasteiger partial charge in [0.05, 0.1) is 32.0 Å². The normalized spacial score (nSPS) is 23.3. The molecule has 2 aliphatic rings. The van der Waals surface area contributed by atoms with Crippen LogP contribution in [-0.4, -0.2) is 140 Å². The summed E-state index contributed by atoms with van der Waals surface area (Å²) in [7, 11) is 0. The van der Waals surface area contributed by atoms with Crippen LogP contribution in [0.15, 0.2) is 24.3 Å². The van der Waals surface area contributed by atoms with Crippen molar-refractivity contribution in [1.82, 2.24) is 5.32 Å². The molecule has 0 aromatic heterocycles. The number of allylic oxidation sites excluding steroid dienone is 3. The van der Waals surface area contributed by atoms with Crippen LogP contribution in [0.4, 0.5) is 0 Å². The SMILES string of the molecule is CCCCCCCCCCCCCCC/C=C/CC/C=C/C(O)C(COC1OC(CO)C(OC2OC(CO)C(O)C(O)C2O)C(O)C1O)NC(=O)CCCCCCCCCCCCCCCCCCCCCCCCCCCCCCCCCCCC. The summed E-state index contributed by atoms with van der Waals surface area (Å²) in [5.41, 5.74) is 0. The van der Waals surface area contributed by atoms with Gasteiger partial charge in [0.1, 0.15) is 48.8 Å². The van der Waals surface area contributed by atoms with Crippen molar-refractivity contribution in [3.05, 3.63) is 24.3 Å². The van der Waals surface area contributed by atoms with E-state index in [1.807, 2.05) is 6.08 Å². The highest BCUT2D eigenvalue weighted by Crippen LogP contribution is 2.30. The molecule has 0 radical (unpaired) electrons. The van der Waals surface area contributed by atoms with E-state index in [0.717, 1.165) is 32.1 Å². The maximum Gasteiger partial charge on any atom is 0.220 e. The summed E-state index contributed by atoms with van der Waals surface area (Å²) in [5, 5.41) is 87.4. The van der Waals surface area contributed by atoms with Gasteiger partial charge >= 0.3 is 0 Å². The largest absolute Gasteiger partial charge is 0.394 e. The van der Waals surface area contributed by atoms with E-state index in [-0.39, 0.29) is 18.9 Å². The standard InChI is InChI=1S/C73H139NO13/c1-3-5-7-9-11-13-15-17-19-21-23-24-25-26-27-28-29-30-31-32-33-34-35-36-37-39-41-43-45-47-49-51-53-55-57-65(78)74-61(62(77)56-54-52-50-48-46-44-42-40-38-22-20-18-16-14-12-10-8-6-4-2)60-84-72-70(83)68(81)71(64(59-76)86-72)87-73-69(82)67(80)66(79)63(58-75)85-73/h46,48,54,56,61-64,66-73,75-77,79-83H,3-45,47,49-53,55,57-60H2,1-2H3,(H,74,78)/b48-46+,56-54+. The van der Waals surface area contributed by atoms with Crippen molar-refractivity contribution in [2.24, 2.45) is 0 Å². The highest BCUT2D eigenvalue weighted by atomic mass is 16.7. The zero-order valence-corrected chi connectivity index (χ0v) is 56.0. The van der Waals surface area contributed by atoms with E-state index in [2.05, 4.69) is 31.3 Å². The van der Waals surface area contributed by atoms with Gasteiger partial charge in [0.2, 0.25) is 5.91 Å². The zero-order valence-electron chi connectivity index (χ0n) is 56.0. The van der Waals surface area contributed by atoms with Gasteiger partial charge in [-0.15, -0.1) is 0 Å². The van der Waals surface area contributed by atoms with E-state index < -0.39 is 86.8 Å². The van der Waals surface area contributed by atoms with Gasteiger partial charge in [-0.2, -0.15) is 0 Å². The van der Waals surface area contributed by atoms with Gasteiger partial charge in [-0.1, -0.05) is 327 Å². The second kappa shape index (κ2) is 58.3. The summed E-state index contributed by atoms with van der Waals surface area (Å²) < 4.78 is 22.8. The first-order chi connectivity index (χ1) is 42.6. The van der Waals surface area contributed by atoms with E-state index in [0.29, 0.717) is 12.8 Å². The number of ether oxygens (including phenoxy) is 4. The Kier molecular flexibility index (Phi) is 54.7. The van der Waals surface area contributed by atoms with Crippen LogP contribution in [0.25, 0.3) is 0 Å². The number of carbonyl (C=O) groups excluding carboxylic acids is 1. The Morgan fingerprint density at radius 3 is 1.13 bits per heavy atom. The third-order valence-corrected chi connectivity index (χ3v) is 18.4. The molecule has 2 heterocycles. The van der Waals surface area contributed by atoms with Crippen molar-refractivity contribution in [3.8, 4) is 0 Å². The molecule has 12 unspecified atom stereocenters. The van der Waals surface area contributed by atoms with Crippen molar-refractivity contribution in [2.75, 3.05) is 19.8 Å². The van der Waals surface area contributed by atoms with Crippen LogP contribution in [0, 0.1) is 0 Å². The van der Waals surface area contributed by atoms with Gasteiger partial charge in [0, 0.05) is 6.42 Å². The van der Waals surface area contributed by atoms with Gasteiger partial charge in [0.15, 0.2) is 12.6 Å². The van der Waals surface area contributed by atoms with E-state index in [1.54, 1.807) is 6.08 Å². The molecule has 514 valence electrons. The van der Waals surface area contributed by atoms with Gasteiger partial charge in [0.25, 0.3) is 0 Å². The summed E-state index contributed by atoms with van der Waals surface area (Å²) in [6.45, 7) is 2.84. The van der Waals surface area contributed by atoms with E-state index in [1.165, 1.54) is 276 Å². The molecule has 0 spiro atoms. The topological polar surface area (TPSA) is 228 Å². The van der Waals surface area contributed by atoms with Crippen LogP contribution in [0.1, 0.15) is 341 Å². The average Bonchev–Trinajstić information content (AvgIpc) is 2.34. The number of rotatable bonds is 62. The molecule has 9 N–H and O–H groups in total. The summed E-state index contributed by atoms with van der Waals surface area (Å²) >= 11 is 0. The Bertz CT molecular complexity index is 1550. The molecule has 12 atom stereocenters. The van der Waals surface area contributed by atoms with Crippen LogP contribution in [-0.2, 0) is 23.7 Å². The van der Waals surface area contributed by atoms with Crippen LogP contribution < -0.4 is 5.32 Å². The lowest BCUT2D eigenvalue weighted by atomic mass is 9.97. The Morgan fingerprint density at radius 1 is 0.402 bits per heavy atom. The lowest BCUT2D eigenvalue weighted by Gasteiger charge is -2.46. The predicted octanol–water partition coefficient (Wildman–Crippen LogP) is 15.5. The zero-order chi connectivity index (χ0) is 63.1. The lowest BCUT2D eigenvalue weighted by Crippen LogP contribution is -2.65. The molecular weight excluding hydrogens is 1100 g/mol. The summed E-state index contributed by atoms with van der Waals surface area (Å²) in [4.78, 5) is 13.3. The van der Waals surface area contributed by atoms with Crippen LogP contribution >= 0.6 is 0 Å². The first-order valence-corrected chi connectivity index (χ1v) is 37.1. The van der Waals surface area contributed by atoms with Gasteiger partial charge in [-0.25, -0.2) is 0 Å². The van der Waals surface area contributed by atoms with Crippen molar-refractivity contribution in [3.63, 3.8) is 0 Å². The fourth-order valence-corrected chi connectivity index (χ4v) is 12.5. The van der Waals surface area contributed by atoms with Crippen LogP contribution in [0.5, 0.6) is 0 Å². The van der Waals surface area contributed by atoms with Crippen molar-refractivity contribution in [1.29, 1.82) is 0 Å². The van der Waals surface area contributed by atoms with E-state index >= 15 is 0 Å². The first kappa shape index (κ1) is 81.6. The van der Waals surface area contributed by atoms with Gasteiger partial charge < -0.3 is 65.1 Å². The molecule has 87 heavy (non-hydrogen) atoms. The second-order valence-corrected chi connectivity index (χ2v) is 26.4. The first-order valence-electron chi connectivity index (χ1n) is 37.1. The molecule has 0 aliphatic carbocycles. The molecule has 0 bridgehead atoms. The maximum absolute atomic E-state index is 13.3. The minimum absolute atomic E-state index is 0.241. The molecule has 2 rings (SSSR count). The molecule has 0 saturated carbocycles. The van der Waals surface area contributed by atoms with E-state index in [4.69, 9.17) is 18.9 Å². The Morgan fingerprint density at radius 2 is 0.736 bits per heavy atom. The lowest BCUT2D eigenvalue weighted by molar-refractivity contribution is -0.359. The van der Waals surface area contributed by atoms with Crippen molar-refractivity contribution < 1.29 is 64.6 Å². The molecule has 2 fully saturated rings. The summed E-state index contributed by atoms with van der Waals surface area (Å²) in [5.74, 6) is -0.241. The Labute approximate surface area is 532 Å². The number of amides is 1.